The van der Waals surface area contributed by atoms with E-state index in [2.05, 4.69) is 5.32 Å². The van der Waals surface area contributed by atoms with Gasteiger partial charge in [0.1, 0.15) is 6.04 Å². The van der Waals surface area contributed by atoms with Crippen molar-refractivity contribution >= 4 is 27.6 Å². The first-order valence-electron chi connectivity index (χ1n) is 7.82. The highest BCUT2D eigenvalue weighted by Gasteiger charge is 2.39. The normalized spacial score (nSPS) is 18.5. The van der Waals surface area contributed by atoms with Crippen molar-refractivity contribution in [3.8, 4) is 0 Å². The Morgan fingerprint density at radius 2 is 1.88 bits per heavy atom. The second-order valence-corrected chi connectivity index (χ2v) is 8.27. The molecule has 0 aliphatic carbocycles. The quantitative estimate of drug-likeness (QED) is 0.802. The molecule has 7 nitrogen and oxygen atoms in total. The van der Waals surface area contributed by atoms with Crippen molar-refractivity contribution < 1.29 is 23.1 Å². The fraction of sp³-hybridized carbons (Fsp3) is 0.500. The number of nitrogens with one attached hydrogen (secondary N) is 1. The van der Waals surface area contributed by atoms with E-state index in [0.29, 0.717) is 24.2 Å². The molecule has 0 bridgehead atoms. The smallest absolute Gasteiger partial charge is 0.307 e. The van der Waals surface area contributed by atoms with Crippen molar-refractivity contribution in [3.05, 3.63) is 29.8 Å². The van der Waals surface area contributed by atoms with Gasteiger partial charge in [-0.2, -0.15) is 4.31 Å². The summed E-state index contributed by atoms with van der Waals surface area (Å²) in [6, 6.07) is 5.73. The lowest BCUT2D eigenvalue weighted by atomic mass is 10.0. The number of hydrogen-bond donors (Lipinski definition) is 2. The lowest BCUT2D eigenvalue weighted by Gasteiger charge is -2.28. The minimum absolute atomic E-state index is 0.0768. The molecule has 1 heterocycles. The van der Waals surface area contributed by atoms with Crippen molar-refractivity contribution in [1.82, 2.24) is 4.31 Å². The molecule has 1 aromatic rings. The molecule has 0 radical (unpaired) electrons. The lowest BCUT2D eigenvalue weighted by molar-refractivity contribution is -0.136. The largest absolute Gasteiger partial charge is 0.481 e. The molecule has 1 atom stereocenters. The average molecular weight is 354 g/mol. The second-order valence-electron chi connectivity index (χ2n) is 6.23. The fourth-order valence-electron chi connectivity index (χ4n) is 2.83. The van der Waals surface area contributed by atoms with Gasteiger partial charge >= 0.3 is 5.97 Å². The van der Waals surface area contributed by atoms with Crippen LogP contribution in [0.5, 0.6) is 0 Å². The van der Waals surface area contributed by atoms with Crippen LogP contribution >= 0.6 is 0 Å². The molecule has 24 heavy (non-hydrogen) atoms. The summed E-state index contributed by atoms with van der Waals surface area (Å²) in [7, 11) is -3.38. The maximum Gasteiger partial charge on any atom is 0.307 e. The summed E-state index contributed by atoms with van der Waals surface area (Å²) in [6.07, 6.45) is 0.442. The molecule has 1 aliphatic heterocycles. The molecule has 1 unspecified atom stereocenters. The Morgan fingerprint density at radius 1 is 1.25 bits per heavy atom. The summed E-state index contributed by atoms with van der Waals surface area (Å²) >= 11 is 0. The summed E-state index contributed by atoms with van der Waals surface area (Å²) in [5.74, 6) is -1.38. The number of carbonyl (C=O) groups excluding carboxylic acids is 1. The van der Waals surface area contributed by atoms with Crippen LogP contribution in [0.15, 0.2) is 24.3 Å². The van der Waals surface area contributed by atoms with Crippen molar-refractivity contribution in [2.45, 2.75) is 32.7 Å². The van der Waals surface area contributed by atoms with Crippen LogP contribution in [0.2, 0.25) is 0 Å². The van der Waals surface area contributed by atoms with Crippen LogP contribution in [0, 0.1) is 5.92 Å². The standard InChI is InChI=1S/C16H22N2O5S/c1-11(2)15(18-8-3-9-24(18,22)23)16(21)17-13-6-4-12(5-7-13)10-14(19)20/h4-7,11,15H,3,8-10H2,1-2H3,(H,17,21)(H,19,20). The number of nitrogens with zero attached hydrogens (tertiary/aromatic N) is 1. The van der Waals surface area contributed by atoms with Crippen molar-refractivity contribution in [2.75, 3.05) is 17.6 Å². The van der Waals surface area contributed by atoms with E-state index in [1.54, 1.807) is 24.3 Å². The summed E-state index contributed by atoms with van der Waals surface area (Å²) in [6.45, 7) is 3.98. The van der Waals surface area contributed by atoms with Gasteiger partial charge in [-0.25, -0.2) is 8.42 Å². The molecule has 2 N–H and O–H groups in total. The zero-order valence-corrected chi connectivity index (χ0v) is 14.5. The number of rotatable bonds is 6. The monoisotopic (exact) mass is 354 g/mol. The van der Waals surface area contributed by atoms with E-state index in [4.69, 9.17) is 5.11 Å². The molecular formula is C16H22N2O5S. The maximum atomic E-state index is 12.6. The molecule has 132 valence electrons. The third-order valence-electron chi connectivity index (χ3n) is 3.93. The molecule has 1 amide bonds. The van der Waals surface area contributed by atoms with E-state index in [-0.39, 0.29) is 24.0 Å². The van der Waals surface area contributed by atoms with Crippen LogP contribution in [0.1, 0.15) is 25.8 Å². The molecule has 1 fully saturated rings. The van der Waals surface area contributed by atoms with E-state index in [9.17, 15) is 18.0 Å². The minimum atomic E-state index is -3.38. The van der Waals surface area contributed by atoms with Gasteiger partial charge in [-0.05, 0) is 30.0 Å². The predicted octanol–water partition coefficient (Wildman–Crippen LogP) is 1.31. The Hall–Kier alpha value is -1.93. The first kappa shape index (κ1) is 18.4. The van der Waals surface area contributed by atoms with E-state index in [1.165, 1.54) is 4.31 Å². The van der Waals surface area contributed by atoms with Gasteiger partial charge in [0, 0.05) is 12.2 Å². The van der Waals surface area contributed by atoms with Gasteiger partial charge < -0.3 is 10.4 Å². The number of hydrogen-bond acceptors (Lipinski definition) is 4. The molecular weight excluding hydrogens is 332 g/mol. The van der Waals surface area contributed by atoms with E-state index in [0.717, 1.165) is 0 Å². The first-order valence-corrected chi connectivity index (χ1v) is 9.43. The molecule has 2 rings (SSSR count). The predicted molar refractivity (Wildman–Crippen MR) is 90.1 cm³/mol. The van der Waals surface area contributed by atoms with Crippen LogP contribution in [-0.2, 0) is 26.0 Å². The highest BCUT2D eigenvalue weighted by Crippen LogP contribution is 2.23. The lowest BCUT2D eigenvalue weighted by Crippen LogP contribution is -2.48. The van der Waals surface area contributed by atoms with Gasteiger partial charge in [0.05, 0.1) is 12.2 Å². The zero-order valence-electron chi connectivity index (χ0n) is 13.7. The number of sulfonamides is 1. The third-order valence-corrected chi connectivity index (χ3v) is 5.85. The molecule has 0 spiro atoms. The number of aliphatic carboxylic acids is 1. The third kappa shape index (κ3) is 4.33. The average Bonchev–Trinajstić information content (AvgIpc) is 2.80. The number of amides is 1. The SMILES string of the molecule is CC(C)C(C(=O)Nc1ccc(CC(=O)O)cc1)N1CCCS1(=O)=O. The summed E-state index contributed by atoms with van der Waals surface area (Å²) < 4.78 is 25.5. The molecule has 1 saturated heterocycles. The number of carboxylic acids is 1. The van der Waals surface area contributed by atoms with E-state index < -0.39 is 22.0 Å². The molecule has 1 aromatic carbocycles. The highest BCUT2D eigenvalue weighted by molar-refractivity contribution is 7.89. The Balaban J connectivity index is 2.12. The molecule has 1 aliphatic rings. The Bertz CT molecular complexity index is 712. The van der Waals surface area contributed by atoms with Crippen LogP contribution in [0.3, 0.4) is 0 Å². The Morgan fingerprint density at radius 3 is 2.33 bits per heavy atom. The number of anilines is 1. The Labute approximate surface area is 141 Å². The molecule has 0 saturated carbocycles. The topological polar surface area (TPSA) is 104 Å². The van der Waals surface area contributed by atoms with Gasteiger partial charge in [-0.1, -0.05) is 26.0 Å². The van der Waals surface area contributed by atoms with Crippen LogP contribution in [0.25, 0.3) is 0 Å². The fourth-order valence-corrected chi connectivity index (χ4v) is 4.65. The van der Waals surface area contributed by atoms with Crippen LogP contribution < -0.4 is 5.32 Å². The second kappa shape index (κ2) is 7.31. The summed E-state index contributed by atoms with van der Waals surface area (Å²) in [5.41, 5.74) is 1.14. The van der Waals surface area contributed by atoms with Gasteiger partial charge in [-0.15, -0.1) is 0 Å². The molecule has 8 heteroatoms. The maximum absolute atomic E-state index is 12.6. The van der Waals surface area contributed by atoms with Crippen molar-refractivity contribution in [3.63, 3.8) is 0 Å². The van der Waals surface area contributed by atoms with Gasteiger partial charge in [-0.3, -0.25) is 9.59 Å². The van der Waals surface area contributed by atoms with Crippen LogP contribution in [0.4, 0.5) is 5.69 Å². The number of carbonyl (C=O) groups is 2. The van der Waals surface area contributed by atoms with Crippen molar-refractivity contribution in [2.24, 2.45) is 5.92 Å². The first-order chi connectivity index (χ1) is 11.2. The van der Waals surface area contributed by atoms with Gasteiger partial charge in [0.2, 0.25) is 15.9 Å². The van der Waals surface area contributed by atoms with E-state index >= 15 is 0 Å². The van der Waals surface area contributed by atoms with Crippen LogP contribution in [-0.4, -0.2) is 48.0 Å². The Kier molecular flexibility index (Phi) is 5.61. The number of benzene rings is 1. The molecule has 0 aromatic heterocycles. The van der Waals surface area contributed by atoms with Crippen molar-refractivity contribution in [1.29, 1.82) is 0 Å². The van der Waals surface area contributed by atoms with Gasteiger partial charge in [0.15, 0.2) is 0 Å². The zero-order chi connectivity index (χ0) is 17.9. The number of carboxylic acid groups (broad SMARTS) is 1. The highest BCUT2D eigenvalue weighted by atomic mass is 32.2. The summed E-state index contributed by atoms with van der Waals surface area (Å²) in [5, 5.41) is 11.5. The van der Waals surface area contributed by atoms with Gasteiger partial charge in [0.25, 0.3) is 0 Å². The minimum Gasteiger partial charge on any atom is -0.481 e. The summed E-state index contributed by atoms with van der Waals surface area (Å²) in [4.78, 5) is 23.3. The van der Waals surface area contributed by atoms with E-state index in [1.807, 2.05) is 13.8 Å².